The molecule has 1 aliphatic rings. The lowest BCUT2D eigenvalue weighted by Gasteiger charge is -2.28. The maximum Gasteiger partial charge on any atom is 0.331 e. The average molecular weight is 227 g/mol. The summed E-state index contributed by atoms with van der Waals surface area (Å²) in [5, 5.41) is 12.2. The molecule has 2 atom stereocenters. The summed E-state index contributed by atoms with van der Waals surface area (Å²) < 4.78 is 5.50. The Bertz CT molecular complexity index is 288. The Morgan fingerprint density at radius 2 is 2.38 bits per heavy atom. The highest BCUT2D eigenvalue weighted by molar-refractivity contribution is 5.86. The van der Waals surface area contributed by atoms with Crippen molar-refractivity contribution in [3.05, 3.63) is 11.6 Å². The van der Waals surface area contributed by atoms with Crippen molar-refractivity contribution in [3.63, 3.8) is 0 Å². The summed E-state index contributed by atoms with van der Waals surface area (Å²) in [6.45, 7) is 7.36. The second kappa shape index (κ2) is 5.46. The molecule has 0 aromatic heterocycles. The van der Waals surface area contributed by atoms with E-state index in [0.717, 1.165) is 13.0 Å². The highest BCUT2D eigenvalue weighted by atomic mass is 16.5. The summed E-state index contributed by atoms with van der Waals surface area (Å²) in [5.41, 5.74) is 0.427. The van der Waals surface area contributed by atoms with E-state index < -0.39 is 5.97 Å². The molecule has 0 aromatic rings. The standard InChI is InChI=1S/C12H21NO3/c1-4-10(11(14)15)5-7-13-12(3)6-8-16-9(12)2/h5,9,13H,4,6-8H2,1-3H3,(H,14,15). The molecule has 1 rings (SSSR count). The van der Waals surface area contributed by atoms with Gasteiger partial charge in [0.15, 0.2) is 0 Å². The predicted molar refractivity (Wildman–Crippen MR) is 62.4 cm³/mol. The van der Waals surface area contributed by atoms with E-state index in [4.69, 9.17) is 9.84 Å². The van der Waals surface area contributed by atoms with E-state index in [1.165, 1.54) is 0 Å². The maximum atomic E-state index is 10.8. The van der Waals surface area contributed by atoms with E-state index in [0.29, 0.717) is 18.5 Å². The van der Waals surface area contributed by atoms with E-state index in [1.54, 1.807) is 6.08 Å². The quantitative estimate of drug-likeness (QED) is 0.700. The van der Waals surface area contributed by atoms with Gasteiger partial charge in [0, 0.05) is 24.3 Å². The summed E-state index contributed by atoms with van der Waals surface area (Å²) in [6, 6.07) is 0. The van der Waals surface area contributed by atoms with Crippen molar-refractivity contribution in [1.82, 2.24) is 5.32 Å². The van der Waals surface area contributed by atoms with Crippen LogP contribution in [0.1, 0.15) is 33.6 Å². The molecule has 1 heterocycles. The Morgan fingerprint density at radius 3 is 2.81 bits per heavy atom. The van der Waals surface area contributed by atoms with Crippen molar-refractivity contribution < 1.29 is 14.6 Å². The van der Waals surface area contributed by atoms with Gasteiger partial charge in [-0.05, 0) is 26.7 Å². The van der Waals surface area contributed by atoms with Gasteiger partial charge in [0.2, 0.25) is 0 Å². The molecule has 1 fully saturated rings. The minimum Gasteiger partial charge on any atom is -0.478 e. The molecule has 0 amide bonds. The third kappa shape index (κ3) is 3.06. The van der Waals surface area contributed by atoms with Crippen molar-refractivity contribution >= 4 is 5.97 Å². The van der Waals surface area contributed by atoms with E-state index in [9.17, 15) is 4.79 Å². The molecule has 0 aliphatic carbocycles. The van der Waals surface area contributed by atoms with E-state index in [-0.39, 0.29) is 11.6 Å². The van der Waals surface area contributed by atoms with Crippen LogP contribution in [0.3, 0.4) is 0 Å². The average Bonchev–Trinajstić information content (AvgIpc) is 2.54. The van der Waals surface area contributed by atoms with Gasteiger partial charge >= 0.3 is 5.97 Å². The fourth-order valence-electron chi connectivity index (χ4n) is 1.86. The number of carboxylic acids is 1. The minimum atomic E-state index is -0.829. The van der Waals surface area contributed by atoms with Crippen molar-refractivity contribution in [2.24, 2.45) is 0 Å². The zero-order valence-electron chi connectivity index (χ0n) is 10.2. The number of carboxylic acid groups (broad SMARTS) is 1. The molecule has 4 heteroatoms. The third-order valence-corrected chi connectivity index (χ3v) is 3.40. The topological polar surface area (TPSA) is 58.6 Å². The van der Waals surface area contributed by atoms with Crippen LogP contribution in [0.25, 0.3) is 0 Å². The normalized spacial score (nSPS) is 30.7. The summed E-state index contributed by atoms with van der Waals surface area (Å²) in [4.78, 5) is 10.8. The van der Waals surface area contributed by atoms with Gasteiger partial charge in [-0.1, -0.05) is 13.0 Å². The molecule has 1 saturated heterocycles. The summed E-state index contributed by atoms with van der Waals surface area (Å²) in [5.74, 6) is -0.829. The highest BCUT2D eigenvalue weighted by Crippen LogP contribution is 2.24. The fourth-order valence-corrected chi connectivity index (χ4v) is 1.86. The van der Waals surface area contributed by atoms with Crippen LogP contribution in [0, 0.1) is 0 Å². The fraction of sp³-hybridized carbons (Fsp3) is 0.750. The van der Waals surface area contributed by atoms with Gasteiger partial charge in [0.1, 0.15) is 0 Å². The molecule has 0 spiro atoms. The van der Waals surface area contributed by atoms with Crippen molar-refractivity contribution in [3.8, 4) is 0 Å². The molecule has 16 heavy (non-hydrogen) atoms. The van der Waals surface area contributed by atoms with Gasteiger partial charge in [-0.25, -0.2) is 4.79 Å². The highest BCUT2D eigenvalue weighted by Gasteiger charge is 2.35. The molecule has 92 valence electrons. The zero-order chi connectivity index (χ0) is 12.2. The number of nitrogens with one attached hydrogen (secondary N) is 1. The van der Waals surface area contributed by atoms with Crippen molar-refractivity contribution in [2.75, 3.05) is 13.2 Å². The first-order valence-electron chi connectivity index (χ1n) is 5.78. The molecule has 0 radical (unpaired) electrons. The Hall–Kier alpha value is -0.870. The van der Waals surface area contributed by atoms with Gasteiger partial charge < -0.3 is 15.2 Å². The Kier molecular flexibility index (Phi) is 4.50. The lowest BCUT2D eigenvalue weighted by molar-refractivity contribution is -0.132. The number of hydrogen-bond acceptors (Lipinski definition) is 3. The van der Waals surface area contributed by atoms with Gasteiger partial charge in [-0.2, -0.15) is 0 Å². The Morgan fingerprint density at radius 1 is 1.69 bits per heavy atom. The van der Waals surface area contributed by atoms with Crippen LogP contribution in [0.5, 0.6) is 0 Å². The van der Waals surface area contributed by atoms with Crippen LogP contribution in [-0.4, -0.2) is 35.9 Å². The number of aliphatic carboxylic acids is 1. The Labute approximate surface area is 96.7 Å². The molecule has 2 N–H and O–H groups in total. The van der Waals surface area contributed by atoms with Crippen LogP contribution in [0.4, 0.5) is 0 Å². The third-order valence-electron chi connectivity index (χ3n) is 3.40. The molecule has 1 aliphatic heterocycles. The second-order valence-electron chi connectivity index (χ2n) is 4.45. The molecule has 2 unspecified atom stereocenters. The van der Waals surface area contributed by atoms with Crippen LogP contribution >= 0.6 is 0 Å². The molecule has 0 saturated carbocycles. The van der Waals surface area contributed by atoms with Gasteiger partial charge in [-0.15, -0.1) is 0 Å². The van der Waals surface area contributed by atoms with E-state index >= 15 is 0 Å². The number of rotatable bonds is 5. The molecule has 0 bridgehead atoms. The predicted octanol–water partition coefficient (Wildman–Crippen LogP) is 1.56. The van der Waals surface area contributed by atoms with Gasteiger partial charge in [0.25, 0.3) is 0 Å². The number of ether oxygens (including phenoxy) is 1. The zero-order valence-corrected chi connectivity index (χ0v) is 10.2. The van der Waals surface area contributed by atoms with Crippen LogP contribution in [0.15, 0.2) is 11.6 Å². The Balaban J connectivity index is 2.48. The number of hydrogen-bond donors (Lipinski definition) is 2. The van der Waals surface area contributed by atoms with Gasteiger partial charge in [0.05, 0.1) is 6.10 Å². The molecule has 0 aromatic carbocycles. The maximum absolute atomic E-state index is 10.8. The lowest BCUT2D eigenvalue weighted by Crippen LogP contribution is -2.47. The SMILES string of the molecule is CCC(=CCNC1(C)CCOC1C)C(=O)O. The summed E-state index contributed by atoms with van der Waals surface area (Å²) in [7, 11) is 0. The smallest absolute Gasteiger partial charge is 0.331 e. The summed E-state index contributed by atoms with van der Waals surface area (Å²) in [6.07, 6.45) is 3.45. The van der Waals surface area contributed by atoms with E-state index in [1.807, 2.05) is 13.8 Å². The van der Waals surface area contributed by atoms with Crippen LogP contribution in [-0.2, 0) is 9.53 Å². The monoisotopic (exact) mass is 227 g/mol. The first-order valence-corrected chi connectivity index (χ1v) is 5.78. The largest absolute Gasteiger partial charge is 0.478 e. The summed E-state index contributed by atoms with van der Waals surface area (Å²) >= 11 is 0. The second-order valence-corrected chi connectivity index (χ2v) is 4.45. The first-order chi connectivity index (χ1) is 7.49. The molecular formula is C12H21NO3. The van der Waals surface area contributed by atoms with Crippen molar-refractivity contribution in [1.29, 1.82) is 0 Å². The van der Waals surface area contributed by atoms with Crippen LogP contribution < -0.4 is 5.32 Å². The molecular weight excluding hydrogens is 206 g/mol. The lowest BCUT2D eigenvalue weighted by atomic mass is 9.94. The van der Waals surface area contributed by atoms with Crippen molar-refractivity contribution in [2.45, 2.75) is 45.3 Å². The first kappa shape index (κ1) is 13.2. The van der Waals surface area contributed by atoms with Gasteiger partial charge in [-0.3, -0.25) is 0 Å². The minimum absolute atomic E-state index is 0.0339. The molecule has 4 nitrogen and oxygen atoms in total. The number of carbonyl (C=O) groups is 1. The van der Waals surface area contributed by atoms with Crippen LogP contribution in [0.2, 0.25) is 0 Å². The van der Waals surface area contributed by atoms with E-state index in [2.05, 4.69) is 12.2 Å².